The van der Waals surface area contributed by atoms with Crippen molar-refractivity contribution in [2.75, 3.05) is 39.8 Å². The normalized spacial score (nSPS) is 16.8. The number of hydrogen-bond donors (Lipinski definition) is 1. The van der Waals surface area contributed by atoms with Crippen molar-refractivity contribution >= 4 is 5.78 Å². The molecule has 0 spiro atoms. The van der Waals surface area contributed by atoms with Crippen LogP contribution >= 0.6 is 0 Å². The highest BCUT2D eigenvalue weighted by atomic mass is 16.5. The lowest BCUT2D eigenvalue weighted by Gasteiger charge is -2.26. The number of ether oxygens (including phenoxy) is 1. The minimum Gasteiger partial charge on any atom is -0.497 e. The summed E-state index contributed by atoms with van der Waals surface area (Å²) in [4.78, 5) is 14.2. The number of rotatable bonds is 4. The van der Waals surface area contributed by atoms with Gasteiger partial charge in [0.2, 0.25) is 0 Å². The van der Waals surface area contributed by atoms with E-state index in [0.29, 0.717) is 6.54 Å². The molecule has 0 radical (unpaired) electrons. The van der Waals surface area contributed by atoms with Crippen molar-refractivity contribution in [3.8, 4) is 5.75 Å². The molecule has 0 aliphatic carbocycles. The number of benzene rings is 1. The lowest BCUT2D eigenvalue weighted by atomic mass is 10.1. The maximum atomic E-state index is 12.0. The van der Waals surface area contributed by atoms with Crippen LogP contribution in [0.5, 0.6) is 5.75 Å². The van der Waals surface area contributed by atoms with Gasteiger partial charge in [0.25, 0.3) is 0 Å². The van der Waals surface area contributed by atoms with E-state index in [1.54, 1.807) is 7.11 Å². The Bertz CT molecular complexity index is 370. The second kappa shape index (κ2) is 5.80. The lowest BCUT2D eigenvalue weighted by Crippen LogP contribution is -2.45. The van der Waals surface area contributed by atoms with Gasteiger partial charge >= 0.3 is 0 Å². The van der Waals surface area contributed by atoms with E-state index in [9.17, 15) is 4.79 Å². The molecule has 0 atom stereocenters. The van der Waals surface area contributed by atoms with Gasteiger partial charge in [-0.25, -0.2) is 0 Å². The molecule has 2 rings (SSSR count). The van der Waals surface area contributed by atoms with E-state index in [-0.39, 0.29) is 5.78 Å². The number of Topliss-reactive ketones (excluding diaryl/α,β-unsaturated/α-hetero) is 1. The Labute approximate surface area is 102 Å². The topological polar surface area (TPSA) is 41.6 Å². The largest absolute Gasteiger partial charge is 0.497 e. The molecule has 1 aromatic carbocycles. The minimum absolute atomic E-state index is 0.176. The summed E-state index contributed by atoms with van der Waals surface area (Å²) in [7, 11) is 1.62. The zero-order chi connectivity index (χ0) is 12.1. The van der Waals surface area contributed by atoms with Crippen molar-refractivity contribution in [3.05, 3.63) is 29.8 Å². The minimum atomic E-state index is 0.176. The maximum absolute atomic E-state index is 12.0. The van der Waals surface area contributed by atoms with Crippen LogP contribution in [0, 0.1) is 0 Å². The van der Waals surface area contributed by atoms with Crippen molar-refractivity contribution in [1.29, 1.82) is 0 Å². The summed E-state index contributed by atoms with van der Waals surface area (Å²) in [6.07, 6.45) is 0. The van der Waals surface area contributed by atoms with Gasteiger partial charge in [0, 0.05) is 31.7 Å². The van der Waals surface area contributed by atoms with Crippen molar-refractivity contribution in [2.45, 2.75) is 0 Å². The maximum Gasteiger partial charge on any atom is 0.176 e. The summed E-state index contributed by atoms with van der Waals surface area (Å²) >= 11 is 0. The number of piperazine rings is 1. The molecule has 17 heavy (non-hydrogen) atoms. The first-order chi connectivity index (χ1) is 8.29. The molecule has 4 nitrogen and oxygen atoms in total. The molecule has 1 fully saturated rings. The molecule has 4 heteroatoms. The Morgan fingerprint density at radius 2 is 1.94 bits per heavy atom. The van der Waals surface area contributed by atoms with Gasteiger partial charge in [0.05, 0.1) is 13.7 Å². The summed E-state index contributed by atoms with van der Waals surface area (Å²) in [5, 5.41) is 3.27. The third-order valence-electron chi connectivity index (χ3n) is 2.99. The molecule has 0 aromatic heterocycles. The molecule has 1 aliphatic heterocycles. The van der Waals surface area contributed by atoms with Gasteiger partial charge < -0.3 is 10.1 Å². The molecule has 92 valence electrons. The Morgan fingerprint density at radius 3 is 2.53 bits per heavy atom. The predicted molar refractivity (Wildman–Crippen MR) is 66.6 cm³/mol. The van der Waals surface area contributed by atoms with E-state index in [2.05, 4.69) is 10.2 Å². The van der Waals surface area contributed by atoms with Crippen LogP contribution in [-0.4, -0.2) is 50.5 Å². The molecule has 0 amide bonds. The Morgan fingerprint density at radius 1 is 1.29 bits per heavy atom. The van der Waals surface area contributed by atoms with E-state index in [1.165, 1.54) is 0 Å². The van der Waals surface area contributed by atoms with E-state index in [1.807, 2.05) is 24.3 Å². The zero-order valence-electron chi connectivity index (χ0n) is 10.1. The number of ketones is 1. The summed E-state index contributed by atoms with van der Waals surface area (Å²) in [6, 6.07) is 7.29. The average molecular weight is 234 g/mol. The van der Waals surface area contributed by atoms with Crippen LogP contribution in [0.25, 0.3) is 0 Å². The second-order valence-electron chi connectivity index (χ2n) is 4.18. The second-order valence-corrected chi connectivity index (χ2v) is 4.18. The quantitative estimate of drug-likeness (QED) is 0.782. The van der Waals surface area contributed by atoms with Gasteiger partial charge in [0.15, 0.2) is 5.78 Å². The van der Waals surface area contributed by atoms with Crippen LogP contribution in [-0.2, 0) is 0 Å². The van der Waals surface area contributed by atoms with E-state index >= 15 is 0 Å². The smallest absolute Gasteiger partial charge is 0.176 e. The van der Waals surface area contributed by atoms with E-state index in [4.69, 9.17) is 4.74 Å². The van der Waals surface area contributed by atoms with Crippen molar-refractivity contribution in [2.24, 2.45) is 0 Å². The Kier molecular flexibility index (Phi) is 4.12. The first-order valence-electron chi connectivity index (χ1n) is 5.90. The molecule has 1 N–H and O–H groups in total. The summed E-state index contributed by atoms with van der Waals surface area (Å²) in [6.45, 7) is 4.34. The number of nitrogens with zero attached hydrogens (tertiary/aromatic N) is 1. The van der Waals surface area contributed by atoms with Crippen LogP contribution < -0.4 is 10.1 Å². The molecule has 0 bridgehead atoms. The van der Waals surface area contributed by atoms with Crippen LogP contribution in [0.1, 0.15) is 10.4 Å². The first kappa shape index (κ1) is 12.1. The molecule has 0 saturated carbocycles. The molecule has 1 aromatic rings. The number of hydrogen-bond acceptors (Lipinski definition) is 4. The van der Waals surface area contributed by atoms with Crippen LogP contribution in [0.2, 0.25) is 0 Å². The number of methoxy groups -OCH3 is 1. The van der Waals surface area contributed by atoms with Crippen LogP contribution in [0.3, 0.4) is 0 Å². The third-order valence-corrected chi connectivity index (χ3v) is 2.99. The summed E-state index contributed by atoms with van der Waals surface area (Å²) < 4.78 is 5.07. The Balaban J connectivity index is 1.93. The highest BCUT2D eigenvalue weighted by Crippen LogP contribution is 2.12. The van der Waals surface area contributed by atoms with Gasteiger partial charge in [-0.15, -0.1) is 0 Å². The van der Waals surface area contributed by atoms with Gasteiger partial charge in [-0.2, -0.15) is 0 Å². The van der Waals surface area contributed by atoms with Crippen molar-refractivity contribution in [3.63, 3.8) is 0 Å². The highest BCUT2D eigenvalue weighted by molar-refractivity contribution is 5.97. The van der Waals surface area contributed by atoms with Crippen molar-refractivity contribution < 1.29 is 9.53 Å². The lowest BCUT2D eigenvalue weighted by molar-refractivity contribution is 0.0921. The van der Waals surface area contributed by atoms with Gasteiger partial charge in [-0.3, -0.25) is 9.69 Å². The van der Waals surface area contributed by atoms with Gasteiger partial charge in [-0.1, -0.05) is 0 Å². The number of carbonyl (C=O) groups is 1. The fourth-order valence-corrected chi connectivity index (χ4v) is 1.94. The highest BCUT2D eigenvalue weighted by Gasteiger charge is 2.14. The van der Waals surface area contributed by atoms with Gasteiger partial charge in [0.1, 0.15) is 5.75 Å². The monoisotopic (exact) mass is 234 g/mol. The van der Waals surface area contributed by atoms with Crippen molar-refractivity contribution in [1.82, 2.24) is 10.2 Å². The number of carbonyl (C=O) groups excluding carboxylic acids is 1. The van der Waals surface area contributed by atoms with E-state index < -0.39 is 0 Å². The van der Waals surface area contributed by atoms with E-state index in [0.717, 1.165) is 37.5 Å². The molecule has 1 aliphatic rings. The molecular formula is C13H18N2O2. The average Bonchev–Trinajstić information content (AvgIpc) is 2.40. The molecule has 0 unspecified atom stereocenters. The Hall–Kier alpha value is -1.39. The molecular weight excluding hydrogens is 216 g/mol. The van der Waals surface area contributed by atoms with Gasteiger partial charge in [-0.05, 0) is 24.3 Å². The summed E-state index contributed by atoms with van der Waals surface area (Å²) in [5.74, 6) is 0.957. The standard InChI is InChI=1S/C13H18N2O2/c1-17-12-4-2-11(3-5-12)13(16)10-15-8-6-14-7-9-15/h2-5,14H,6-10H2,1H3. The first-order valence-corrected chi connectivity index (χ1v) is 5.90. The molecule has 1 heterocycles. The predicted octanol–water partition coefficient (Wildman–Crippen LogP) is 0.783. The van der Waals surface area contributed by atoms with Crippen LogP contribution in [0.15, 0.2) is 24.3 Å². The SMILES string of the molecule is COc1ccc(C(=O)CN2CCNCC2)cc1. The third kappa shape index (κ3) is 3.28. The number of nitrogens with one attached hydrogen (secondary N) is 1. The van der Waals surface area contributed by atoms with Crippen LogP contribution in [0.4, 0.5) is 0 Å². The molecule has 1 saturated heterocycles. The zero-order valence-corrected chi connectivity index (χ0v) is 10.1. The summed E-state index contributed by atoms with van der Waals surface area (Å²) in [5.41, 5.74) is 0.754. The fourth-order valence-electron chi connectivity index (χ4n) is 1.94. The fraction of sp³-hybridized carbons (Fsp3) is 0.462.